The van der Waals surface area contributed by atoms with E-state index >= 15 is 0 Å². The number of amides is 1. The molecule has 138 valence electrons. The molecule has 0 bridgehead atoms. The lowest BCUT2D eigenvalue weighted by molar-refractivity contribution is 0.0942. The van der Waals surface area contributed by atoms with Crippen LogP contribution < -0.4 is 14.4 Å². The van der Waals surface area contributed by atoms with Crippen LogP contribution in [0.25, 0.3) is 0 Å². The first-order chi connectivity index (χ1) is 12.3. The number of fused-ring (bicyclic) bond motifs is 1. The zero-order valence-electron chi connectivity index (χ0n) is 15.0. The van der Waals surface area contributed by atoms with Gasteiger partial charge in [-0.15, -0.1) is 0 Å². The molecule has 0 spiro atoms. The molecule has 0 aliphatic carbocycles. The lowest BCUT2D eigenvalue weighted by atomic mass is 10.0. The number of carbonyl (C=O) groups is 1. The summed E-state index contributed by atoms with van der Waals surface area (Å²) in [6.45, 7) is 4.10. The van der Waals surface area contributed by atoms with Crippen molar-refractivity contribution in [1.29, 1.82) is 0 Å². The SMILES string of the molecule is COc1ccc(S(=O)(=O)N2CCc3c(C(=O)NC(C)C)cccc32)cc1. The van der Waals surface area contributed by atoms with Crippen LogP contribution in [0.3, 0.4) is 0 Å². The fourth-order valence-electron chi connectivity index (χ4n) is 3.08. The third-order valence-electron chi connectivity index (χ3n) is 4.30. The standard InChI is InChI=1S/C19H22N2O4S/c1-13(2)20-19(22)17-5-4-6-18-16(17)11-12-21(18)26(23,24)15-9-7-14(25-3)8-10-15/h4-10,13H,11-12H2,1-3H3,(H,20,22). The minimum absolute atomic E-state index is 0.0129. The van der Waals surface area contributed by atoms with Gasteiger partial charge in [-0.25, -0.2) is 8.42 Å². The molecular formula is C19H22N2O4S. The predicted molar refractivity (Wildman–Crippen MR) is 100 cm³/mol. The summed E-state index contributed by atoms with van der Waals surface area (Å²) < 4.78 is 32.5. The maximum absolute atomic E-state index is 13.0. The van der Waals surface area contributed by atoms with E-state index in [1.807, 2.05) is 13.8 Å². The summed E-state index contributed by atoms with van der Waals surface area (Å²) in [7, 11) is -2.16. The van der Waals surface area contributed by atoms with Crippen molar-refractivity contribution in [2.45, 2.75) is 31.2 Å². The second-order valence-electron chi connectivity index (χ2n) is 6.43. The number of hydrogen-bond acceptors (Lipinski definition) is 4. The van der Waals surface area contributed by atoms with Crippen molar-refractivity contribution in [1.82, 2.24) is 5.32 Å². The van der Waals surface area contributed by atoms with Crippen molar-refractivity contribution in [3.63, 3.8) is 0 Å². The third-order valence-corrected chi connectivity index (χ3v) is 6.12. The zero-order chi connectivity index (χ0) is 18.9. The van der Waals surface area contributed by atoms with E-state index in [1.54, 1.807) is 30.3 Å². The van der Waals surface area contributed by atoms with Gasteiger partial charge in [0.2, 0.25) is 0 Å². The van der Waals surface area contributed by atoms with Crippen molar-refractivity contribution < 1.29 is 17.9 Å². The van der Waals surface area contributed by atoms with Crippen LogP contribution in [0, 0.1) is 0 Å². The number of benzene rings is 2. The summed E-state index contributed by atoms with van der Waals surface area (Å²) in [5.41, 5.74) is 1.86. The molecule has 3 rings (SSSR count). The fourth-order valence-corrected chi connectivity index (χ4v) is 4.58. The van der Waals surface area contributed by atoms with Crippen LogP contribution in [-0.2, 0) is 16.4 Å². The van der Waals surface area contributed by atoms with Gasteiger partial charge in [0.1, 0.15) is 5.75 Å². The van der Waals surface area contributed by atoms with Crippen molar-refractivity contribution in [3.05, 3.63) is 53.6 Å². The molecule has 1 aliphatic rings. The van der Waals surface area contributed by atoms with Gasteiger partial charge in [-0.3, -0.25) is 9.10 Å². The van der Waals surface area contributed by atoms with Gasteiger partial charge in [0.25, 0.3) is 15.9 Å². The monoisotopic (exact) mass is 374 g/mol. The lowest BCUT2D eigenvalue weighted by Gasteiger charge is -2.20. The highest BCUT2D eigenvalue weighted by Crippen LogP contribution is 2.35. The maximum Gasteiger partial charge on any atom is 0.264 e. The van der Waals surface area contributed by atoms with Crippen molar-refractivity contribution in [2.24, 2.45) is 0 Å². The highest BCUT2D eigenvalue weighted by molar-refractivity contribution is 7.92. The largest absolute Gasteiger partial charge is 0.497 e. The van der Waals surface area contributed by atoms with Crippen molar-refractivity contribution in [3.8, 4) is 5.75 Å². The first-order valence-electron chi connectivity index (χ1n) is 8.44. The minimum atomic E-state index is -3.70. The fraction of sp³-hybridized carbons (Fsp3) is 0.316. The molecule has 0 aromatic heterocycles. The molecule has 6 nitrogen and oxygen atoms in total. The van der Waals surface area contributed by atoms with E-state index in [4.69, 9.17) is 4.74 Å². The molecule has 1 heterocycles. The summed E-state index contributed by atoms with van der Waals surface area (Å²) in [6.07, 6.45) is 0.506. The lowest BCUT2D eigenvalue weighted by Crippen LogP contribution is -2.31. The Kier molecular flexibility index (Phi) is 4.91. The Morgan fingerprint density at radius 2 is 1.85 bits per heavy atom. The molecular weight excluding hydrogens is 352 g/mol. The van der Waals surface area contributed by atoms with Crippen LogP contribution in [0.5, 0.6) is 5.75 Å². The number of sulfonamides is 1. The van der Waals surface area contributed by atoms with Gasteiger partial charge >= 0.3 is 0 Å². The molecule has 2 aromatic rings. The van der Waals surface area contributed by atoms with E-state index in [1.165, 1.54) is 23.5 Å². The van der Waals surface area contributed by atoms with Crippen LogP contribution in [0.4, 0.5) is 5.69 Å². The average Bonchev–Trinajstić information content (AvgIpc) is 3.06. The number of anilines is 1. The first kappa shape index (κ1) is 18.3. The van der Waals surface area contributed by atoms with Crippen molar-refractivity contribution >= 4 is 21.6 Å². The Hall–Kier alpha value is -2.54. The number of methoxy groups -OCH3 is 1. The van der Waals surface area contributed by atoms with Gasteiger partial charge in [-0.2, -0.15) is 0 Å². The highest BCUT2D eigenvalue weighted by atomic mass is 32.2. The molecule has 0 fully saturated rings. The summed E-state index contributed by atoms with van der Waals surface area (Å²) >= 11 is 0. The van der Waals surface area contributed by atoms with Gasteiger partial charge in [0.05, 0.1) is 17.7 Å². The summed E-state index contributed by atoms with van der Waals surface area (Å²) in [6, 6.07) is 11.5. The normalized spacial score (nSPS) is 13.6. The molecule has 0 saturated carbocycles. The summed E-state index contributed by atoms with van der Waals surface area (Å²) in [4.78, 5) is 12.6. The molecule has 0 unspecified atom stereocenters. The maximum atomic E-state index is 13.0. The Labute approximate surface area is 153 Å². The Morgan fingerprint density at radius 1 is 1.15 bits per heavy atom. The molecule has 0 atom stereocenters. The molecule has 7 heteroatoms. The van der Waals surface area contributed by atoms with E-state index in [0.717, 1.165) is 5.56 Å². The number of nitrogens with one attached hydrogen (secondary N) is 1. The van der Waals surface area contributed by atoms with Gasteiger partial charge in [-0.1, -0.05) is 6.07 Å². The number of ether oxygens (including phenoxy) is 1. The van der Waals surface area contributed by atoms with Crippen molar-refractivity contribution in [2.75, 3.05) is 18.0 Å². The quantitative estimate of drug-likeness (QED) is 0.873. The summed E-state index contributed by atoms with van der Waals surface area (Å²) in [5.74, 6) is 0.416. The molecule has 2 aromatic carbocycles. The Morgan fingerprint density at radius 3 is 2.46 bits per heavy atom. The molecule has 0 saturated heterocycles. The van der Waals surface area contributed by atoms with E-state index < -0.39 is 10.0 Å². The smallest absolute Gasteiger partial charge is 0.264 e. The van der Waals surface area contributed by atoms with E-state index in [2.05, 4.69) is 5.32 Å². The highest BCUT2D eigenvalue weighted by Gasteiger charge is 2.33. The Balaban J connectivity index is 1.97. The second kappa shape index (κ2) is 6.99. The molecule has 1 aliphatic heterocycles. The molecule has 26 heavy (non-hydrogen) atoms. The Bertz CT molecular complexity index is 921. The topological polar surface area (TPSA) is 75.7 Å². The third kappa shape index (κ3) is 3.26. The van der Waals surface area contributed by atoms with E-state index in [9.17, 15) is 13.2 Å². The second-order valence-corrected chi connectivity index (χ2v) is 8.30. The number of rotatable bonds is 5. The van der Waals surface area contributed by atoms with Crippen LogP contribution >= 0.6 is 0 Å². The van der Waals surface area contributed by atoms with Crippen LogP contribution in [0.15, 0.2) is 47.4 Å². The van der Waals surface area contributed by atoms with Gasteiger partial charge in [0.15, 0.2) is 0 Å². The van der Waals surface area contributed by atoms with Gasteiger partial charge in [0, 0.05) is 18.2 Å². The molecule has 0 radical (unpaired) electrons. The van der Waals surface area contributed by atoms with Crippen LogP contribution in [-0.4, -0.2) is 34.0 Å². The summed E-state index contributed by atoms with van der Waals surface area (Å²) in [5, 5.41) is 2.87. The number of nitrogens with zero attached hydrogens (tertiary/aromatic N) is 1. The van der Waals surface area contributed by atoms with E-state index in [-0.39, 0.29) is 16.8 Å². The zero-order valence-corrected chi connectivity index (χ0v) is 15.8. The van der Waals surface area contributed by atoms with E-state index in [0.29, 0.717) is 30.0 Å². The molecule has 1 N–H and O–H groups in total. The van der Waals surface area contributed by atoms with Gasteiger partial charge < -0.3 is 10.1 Å². The van der Waals surface area contributed by atoms with Crippen LogP contribution in [0.1, 0.15) is 29.8 Å². The molecule has 1 amide bonds. The van der Waals surface area contributed by atoms with Gasteiger partial charge in [-0.05, 0) is 62.2 Å². The minimum Gasteiger partial charge on any atom is -0.497 e. The number of hydrogen-bond donors (Lipinski definition) is 1. The average molecular weight is 374 g/mol. The first-order valence-corrected chi connectivity index (χ1v) is 9.88. The van der Waals surface area contributed by atoms with Crippen LogP contribution in [0.2, 0.25) is 0 Å². The number of carbonyl (C=O) groups excluding carboxylic acids is 1. The predicted octanol–water partition coefficient (Wildman–Crippen LogP) is 2.58.